The molecule has 3 heterocycles. The summed E-state index contributed by atoms with van der Waals surface area (Å²) in [6.45, 7) is 7.73. The van der Waals surface area contributed by atoms with E-state index in [4.69, 9.17) is 30.8 Å². The van der Waals surface area contributed by atoms with Gasteiger partial charge in [-0.3, -0.25) is 0 Å². The van der Waals surface area contributed by atoms with Crippen LogP contribution in [0.4, 0.5) is 10.2 Å². The van der Waals surface area contributed by atoms with Crippen molar-refractivity contribution in [2.75, 3.05) is 38.2 Å². The number of rotatable bonds is 8. The molecule has 0 unspecified atom stereocenters. The van der Waals surface area contributed by atoms with E-state index in [1.165, 1.54) is 0 Å². The molecule has 0 amide bonds. The first-order valence-corrected chi connectivity index (χ1v) is 11.0. The van der Waals surface area contributed by atoms with Crippen molar-refractivity contribution in [1.29, 1.82) is 0 Å². The summed E-state index contributed by atoms with van der Waals surface area (Å²) < 4.78 is 24.9. The largest absolute Gasteiger partial charge is 0.494 e. The molecular weight excluding hydrogens is 433 g/mol. The molecule has 9 heteroatoms. The van der Waals surface area contributed by atoms with Crippen molar-refractivity contribution < 1.29 is 13.7 Å². The lowest BCUT2D eigenvalue weighted by Gasteiger charge is -2.36. The van der Waals surface area contributed by atoms with Crippen molar-refractivity contribution in [3.05, 3.63) is 40.2 Å². The number of aromatic nitrogens is 3. The Bertz CT molecular complexity index is 1090. The summed E-state index contributed by atoms with van der Waals surface area (Å²) in [4.78, 5) is 11.6. The van der Waals surface area contributed by atoms with Gasteiger partial charge < -0.3 is 19.5 Å². The molecular formula is C23H27ClFN5O2. The Labute approximate surface area is 191 Å². The molecule has 1 aliphatic rings. The second-order valence-electron chi connectivity index (χ2n) is 7.99. The third kappa shape index (κ3) is 4.42. The van der Waals surface area contributed by atoms with Crippen LogP contribution in [0.25, 0.3) is 22.6 Å². The highest BCUT2D eigenvalue weighted by molar-refractivity contribution is 6.33. The monoisotopic (exact) mass is 459 g/mol. The Morgan fingerprint density at radius 1 is 1.25 bits per heavy atom. The summed E-state index contributed by atoms with van der Waals surface area (Å²) in [7, 11) is 1.91. The fourth-order valence-corrected chi connectivity index (χ4v) is 4.00. The van der Waals surface area contributed by atoms with Gasteiger partial charge in [0.2, 0.25) is 0 Å². The fourth-order valence-electron chi connectivity index (χ4n) is 3.80. The van der Waals surface area contributed by atoms with Gasteiger partial charge in [-0.15, -0.1) is 0 Å². The average molecular weight is 460 g/mol. The number of halogens is 2. The number of hydrogen-bond donors (Lipinski definition) is 1. The van der Waals surface area contributed by atoms with Crippen LogP contribution in [0.2, 0.25) is 5.02 Å². The van der Waals surface area contributed by atoms with E-state index in [0.29, 0.717) is 59.1 Å². The number of aryl methyl sites for hydroxylation is 2. The van der Waals surface area contributed by atoms with E-state index >= 15 is 0 Å². The standard InChI is InChI=1S/C23H27ClFN5O2/c1-13-21(20-14(2)29-32-15(20)3)27-22(28-23(13)30-11-16(25)12-30)18-10-17(6-7-19(18)24)31-9-5-8-26-4/h6-7,10,16,26H,5,8-9,11-12H2,1-4H3. The zero-order valence-corrected chi connectivity index (χ0v) is 19.5. The van der Waals surface area contributed by atoms with Gasteiger partial charge in [0.05, 0.1) is 41.7 Å². The van der Waals surface area contributed by atoms with Crippen molar-refractivity contribution in [3.63, 3.8) is 0 Å². The lowest BCUT2D eigenvalue weighted by atomic mass is 10.0. The molecule has 32 heavy (non-hydrogen) atoms. The number of nitrogens with zero attached hydrogens (tertiary/aromatic N) is 4. The topological polar surface area (TPSA) is 76.3 Å². The van der Waals surface area contributed by atoms with E-state index in [-0.39, 0.29) is 0 Å². The van der Waals surface area contributed by atoms with Gasteiger partial charge in [0.25, 0.3) is 0 Å². The van der Waals surface area contributed by atoms with Crippen LogP contribution in [-0.4, -0.2) is 54.6 Å². The maximum Gasteiger partial charge on any atom is 0.163 e. The zero-order valence-electron chi connectivity index (χ0n) is 18.7. The summed E-state index contributed by atoms with van der Waals surface area (Å²) in [6, 6.07) is 5.46. The highest BCUT2D eigenvalue weighted by Gasteiger charge is 2.31. The molecule has 0 atom stereocenters. The Morgan fingerprint density at radius 2 is 2.03 bits per heavy atom. The maximum atomic E-state index is 13.6. The Kier molecular flexibility index (Phi) is 6.62. The first-order chi connectivity index (χ1) is 15.4. The SMILES string of the molecule is CNCCCOc1ccc(Cl)c(-c2nc(-c3c(C)noc3C)c(C)c(N3CC(F)C3)n2)c1. The highest BCUT2D eigenvalue weighted by Crippen LogP contribution is 2.38. The number of benzene rings is 1. The average Bonchev–Trinajstić information content (AvgIpc) is 3.08. The first kappa shape index (κ1) is 22.5. The minimum Gasteiger partial charge on any atom is -0.494 e. The summed E-state index contributed by atoms with van der Waals surface area (Å²) in [6.07, 6.45) is 0.0306. The van der Waals surface area contributed by atoms with Gasteiger partial charge in [0.1, 0.15) is 23.5 Å². The molecule has 2 aromatic heterocycles. The number of nitrogens with one attached hydrogen (secondary N) is 1. The molecule has 1 fully saturated rings. The Balaban J connectivity index is 1.79. The van der Waals surface area contributed by atoms with Crippen molar-refractivity contribution in [2.45, 2.75) is 33.4 Å². The van der Waals surface area contributed by atoms with Crippen LogP contribution >= 0.6 is 11.6 Å². The van der Waals surface area contributed by atoms with Gasteiger partial charge in [0, 0.05) is 11.1 Å². The minimum absolute atomic E-state index is 0.306. The van der Waals surface area contributed by atoms with Crippen LogP contribution in [0.5, 0.6) is 5.75 Å². The van der Waals surface area contributed by atoms with Crippen molar-refractivity contribution in [3.8, 4) is 28.4 Å². The minimum atomic E-state index is -0.853. The van der Waals surface area contributed by atoms with Gasteiger partial charge in [-0.2, -0.15) is 0 Å². The molecule has 1 saturated heterocycles. The molecule has 0 saturated carbocycles. The number of alkyl halides is 1. The van der Waals surface area contributed by atoms with Crippen LogP contribution in [0.3, 0.4) is 0 Å². The Hall–Kier alpha value is -2.71. The van der Waals surface area contributed by atoms with Gasteiger partial charge >= 0.3 is 0 Å². The molecule has 1 aliphatic heterocycles. The molecule has 1 N–H and O–H groups in total. The molecule has 0 aliphatic carbocycles. The quantitative estimate of drug-likeness (QED) is 0.496. The second-order valence-corrected chi connectivity index (χ2v) is 8.40. The van der Waals surface area contributed by atoms with Gasteiger partial charge in [-0.1, -0.05) is 16.8 Å². The van der Waals surface area contributed by atoms with Crippen molar-refractivity contribution in [1.82, 2.24) is 20.4 Å². The van der Waals surface area contributed by atoms with E-state index in [2.05, 4.69) is 10.5 Å². The summed E-state index contributed by atoms with van der Waals surface area (Å²) in [5.41, 5.74) is 3.77. The number of anilines is 1. The summed E-state index contributed by atoms with van der Waals surface area (Å²) in [5, 5.41) is 7.69. The van der Waals surface area contributed by atoms with E-state index in [1.54, 1.807) is 6.07 Å². The van der Waals surface area contributed by atoms with Crippen LogP contribution in [0, 0.1) is 20.8 Å². The predicted octanol–water partition coefficient (Wildman–Crippen LogP) is 4.52. The van der Waals surface area contributed by atoms with Gasteiger partial charge in [-0.25, -0.2) is 14.4 Å². The molecule has 0 spiro atoms. The van der Waals surface area contributed by atoms with Gasteiger partial charge in [0.15, 0.2) is 5.82 Å². The van der Waals surface area contributed by atoms with Crippen molar-refractivity contribution in [2.24, 2.45) is 0 Å². The summed E-state index contributed by atoms with van der Waals surface area (Å²) in [5.74, 6) is 2.50. The third-order valence-electron chi connectivity index (χ3n) is 5.55. The maximum absolute atomic E-state index is 13.6. The zero-order chi connectivity index (χ0) is 22.8. The fraction of sp³-hybridized carbons (Fsp3) is 0.435. The third-order valence-corrected chi connectivity index (χ3v) is 5.87. The lowest BCUT2D eigenvalue weighted by Crippen LogP contribution is -2.49. The Morgan fingerprint density at radius 3 is 2.69 bits per heavy atom. The van der Waals surface area contributed by atoms with E-state index < -0.39 is 6.17 Å². The molecule has 3 aromatic rings. The van der Waals surface area contributed by atoms with Crippen LogP contribution in [0.15, 0.2) is 22.7 Å². The highest BCUT2D eigenvalue weighted by atomic mass is 35.5. The van der Waals surface area contributed by atoms with Crippen LogP contribution < -0.4 is 15.0 Å². The van der Waals surface area contributed by atoms with Crippen LogP contribution in [-0.2, 0) is 0 Å². The first-order valence-electron chi connectivity index (χ1n) is 10.7. The van der Waals surface area contributed by atoms with E-state index in [0.717, 1.165) is 29.8 Å². The molecule has 0 radical (unpaired) electrons. The number of hydrogen-bond acceptors (Lipinski definition) is 7. The van der Waals surface area contributed by atoms with E-state index in [9.17, 15) is 4.39 Å². The van der Waals surface area contributed by atoms with Crippen LogP contribution in [0.1, 0.15) is 23.4 Å². The van der Waals surface area contributed by atoms with E-state index in [1.807, 2.05) is 44.9 Å². The molecule has 1 aromatic carbocycles. The molecule has 0 bridgehead atoms. The molecule has 170 valence electrons. The summed E-state index contributed by atoms with van der Waals surface area (Å²) >= 11 is 6.55. The molecule has 7 nitrogen and oxygen atoms in total. The van der Waals surface area contributed by atoms with Crippen molar-refractivity contribution >= 4 is 17.4 Å². The number of ether oxygens (including phenoxy) is 1. The van der Waals surface area contributed by atoms with Gasteiger partial charge in [-0.05, 0) is 59.0 Å². The normalized spacial score (nSPS) is 14.0. The molecule has 4 rings (SSSR count). The second kappa shape index (κ2) is 9.42. The smallest absolute Gasteiger partial charge is 0.163 e. The lowest BCUT2D eigenvalue weighted by molar-refractivity contribution is 0.273. The predicted molar refractivity (Wildman–Crippen MR) is 123 cm³/mol.